The summed E-state index contributed by atoms with van der Waals surface area (Å²) in [6.45, 7) is 5.46. The second-order valence-corrected chi connectivity index (χ2v) is 8.65. The van der Waals surface area contributed by atoms with E-state index in [-0.39, 0.29) is 5.56 Å². The first-order chi connectivity index (χ1) is 16.7. The quantitative estimate of drug-likeness (QED) is 0.600. The Bertz CT molecular complexity index is 1190. The van der Waals surface area contributed by atoms with Gasteiger partial charge >= 0.3 is 0 Å². The smallest absolute Gasteiger partial charge is 0.248 e. The zero-order chi connectivity index (χ0) is 23.2. The van der Waals surface area contributed by atoms with E-state index < -0.39 is 0 Å². The molecule has 0 amide bonds. The zero-order valence-electron chi connectivity index (χ0n) is 19.2. The maximum Gasteiger partial charge on any atom is 0.248 e. The number of pyridine rings is 2. The highest BCUT2D eigenvalue weighted by atomic mass is 16.6. The van der Waals surface area contributed by atoms with Gasteiger partial charge in [0.05, 0.1) is 12.1 Å². The van der Waals surface area contributed by atoms with Crippen LogP contribution in [0.25, 0.3) is 10.9 Å². The van der Waals surface area contributed by atoms with E-state index in [0.29, 0.717) is 12.5 Å². The number of aromatic amines is 1. The van der Waals surface area contributed by atoms with Crippen LogP contribution < -0.4 is 10.3 Å². The van der Waals surface area contributed by atoms with Crippen molar-refractivity contribution in [1.82, 2.24) is 19.8 Å². The summed E-state index contributed by atoms with van der Waals surface area (Å²) in [6.07, 6.45) is 15.5. The molecule has 1 N–H and O–H groups in total. The van der Waals surface area contributed by atoms with Gasteiger partial charge in [0.25, 0.3) is 0 Å². The summed E-state index contributed by atoms with van der Waals surface area (Å²) in [5.74, 6) is 2.13. The van der Waals surface area contributed by atoms with Crippen LogP contribution in [0, 0.1) is 0 Å². The number of nitrogens with zero attached hydrogens (tertiary/aromatic N) is 3. The molecule has 1 fully saturated rings. The second-order valence-electron chi connectivity index (χ2n) is 8.65. The van der Waals surface area contributed by atoms with Crippen LogP contribution in [-0.2, 0) is 9.47 Å². The highest BCUT2D eigenvalue weighted by Gasteiger charge is 2.22. The molecule has 8 nitrogen and oxygen atoms in total. The lowest BCUT2D eigenvalue weighted by atomic mass is 10.0. The summed E-state index contributed by atoms with van der Waals surface area (Å²) in [6, 6.07) is 5.04. The number of hydrogen-bond acceptors (Lipinski definition) is 7. The van der Waals surface area contributed by atoms with Gasteiger partial charge in [0, 0.05) is 49.9 Å². The number of piperazine rings is 1. The van der Waals surface area contributed by atoms with Crippen LogP contribution in [-0.4, -0.2) is 59.1 Å². The van der Waals surface area contributed by atoms with Crippen molar-refractivity contribution in [3.05, 3.63) is 82.7 Å². The molecule has 34 heavy (non-hydrogen) atoms. The van der Waals surface area contributed by atoms with Crippen LogP contribution in [0.3, 0.4) is 0 Å². The lowest BCUT2D eigenvalue weighted by Gasteiger charge is -2.36. The van der Waals surface area contributed by atoms with Gasteiger partial charge in [-0.25, -0.2) is 4.98 Å². The third kappa shape index (κ3) is 5.51. The van der Waals surface area contributed by atoms with E-state index in [0.717, 1.165) is 81.0 Å². The summed E-state index contributed by atoms with van der Waals surface area (Å²) < 4.78 is 17.5. The van der Waals surface area contributed by atoms with Crippen molar-refractivity contribution in [2.75, 3.05) is 39.3 Å². The van der Waals surface area contributed by atoms with Crippen molar-refractivity contribution in [3.8, 4) is 5.88 Å². The van der Waals surface area contributed by atoms with Crippen LogP contribution in [0.4, 0.5) is 0 Å². The third-order valence-corrected chi connectivity index (χ3v) is 6.29. The standard InChI is InChI=1S/C26H30N4O4/c31-24-9-8-21-17-27-25(16-22(21)28-24)32-15-5-4-10-29-11-13-30(14-12-29)26-19-33-23(18-34-26)20-6-2-1-3-7-20/h1-2,6,8-9,16-19H,3-5,7,10-15H2,(H,28,31). The first-order valence-corrected chi connectivity index (χ1v) is 11.9. The van der Waals surface area contributed by atoms with Crippen LogP contribution in [0.5, 0.6) is 5.88 Å². The number of rotatable bonds is 8. The second kappa shape index (κ2) is 10.6. The molecule has 2 aromatic heterocycles. The largest absolute Gasteiger partial charge is 0.478 e. The molecule has 0 spiro atoms. The molecule has 1 aliphatic carbocycles. The number of unbranched alkanes of at least 4 members (excludes halogenated alkanes) is 1. The number of H-pyrrole nitrogens is 1. The number of nitrogens with one attached hydrogen (secondary N) is 1. The molecule has 2 aromatic rings. The lowest BCUT2D eigenvalue weighted by molar-refractivity contribution is 0.0834. The number of hydrogen-bond donors (Lipinski definition) is 1. The maximum atomic E-state index is 11.5. The molecule has 0 aromatic carbocycles. The summed E-state index contributed by atoms with van der Waals surface area (Å²) in [4.78, 5) is 23.3. The van der Waals surface area contributed by atoms with Crippen molar-refractivity contribution in [2.45, 2.75) is 25.7 Å². The van der Waals surface area contributed by atoms with Crippen molar-refractivity contribution >= 4 is 10.9 Å². The molecule has 4 heterocycles. The van der Waals surface area contributed by atoms with Gasteiger partial charge in [-0.15, -0.1) is 0 Å². The average molecular weight is 463 g/mol. The maximum absolute atomic E-state index is 11.5. The Hall–Kier alpha value is -3.52. The number of ether oxygens (including phenoxy) is 3. The topological polar surface area (TPSA) is 79.9 Å². The SMILES string of the molecule is O=c1ccc2cnc(OCCCCN3CCN(C4=COC(C5=CC=CCC5)=CO4)CC3)cc2[nH]1. The van der Waals surface area contributed by atoms with E-state index in [2.05, 4.69) is 38.0 Å². The van der Waals surface area contributed by atoms with Crippen molar-refractivity contribution in [1.29, 1.82) is 0 Å². The van der Waals surface area contributed by atoms with Gasteiger partial charge in [-0.3, -0.25) is 9.69 Å². The van der Waals surface area contributed by atoms with Gasteiger partial charge in [0.2, 0.25) is 17.3 Å². The molecule has 0 atom stereocenters. The molecule has 178 valence electrons. The molecule has 1 saturated heterocycles. The summed E-state index contributed by atoms with van der Waals surface area (Å²) >= 11 is 0. The summed E-state index contributed by atoms with van der Waals surface area (Å²) in [5, 5.41) is 0.891. The fourth-order valence-corrected chi connectivity index (χ4v) is 4.30. The lowest BCUT2D eigenvalue weighted by Crippen LogP contribution is -2.46. The normalized spacial score (nSPS) is 18.6. The highest BCUT2D eigenvalue weighted by molar-refractivity contribution is 5.77. The van der Waals surface area contributed by atoms with Crippen molar-refractivity contribution in [2.24, 2.45) is 0 Å². The van der Waals surface area contributed by atoms with Crippen LogP contribution >= 0.6 is 0 Å². The number of allylic oxidation sites excluding steroid dienone is 4. The Balaban J connectivity index is 0.993. The Labute approximate surface area is 198 Å². The minimum absolute atomic E-state index is 0.125. The van der Waals surface area contributed by atoms with Gasteiger partial charge in [0.1, 0.15) is 6.26 Å². The minimum atomic E-state index is -0.125. The third-order valence-electron chi connectivity index (χ3n) is 6.29. The molecule has 0 radical (unpaired) electrons. The Morgan fingerprint density at radius 1 is 1.09 bits per heavy atom. The predicted molar refractivity (Wildman–Crippen MR) is 130 cm³/mol. The fourth-order valence-electron chi connectivity index (χ4n) is 4.30. The van der Waals surface area contributed by atoms with Crippen molar-refractivity contribution in [3.63, 3.8) is 0 Å². The fraction of sp³-hybridized carbons (Fsp3) is 0.385. The van der Waals surface area contributed by atoms with E-state index in [1.165, 1.54) is 11.6 Å². The number of aromatic nitrogens is 2. The van der Waals surface area contributed by atoms with Gasteiger partial charge in [-0.1, -0.05) is 18.2 Å². The number of fused-ring (bicyclic) bond motifs is 1. The Morgan fingerprint density at radius 2 is 2.00 bits per heavy atom. The van der Waals surface area contributed by atoms with Gasteiger partial charge in [-0.2, -0.15) is 0 Å². The van der Waals surface area contributed by atoms with E-state index in [4.69, 9.17) is 14.2 Å². The monoisotopic (exact) mass is 462 g/mol. The summed E-state index contributed by atoms with van der Waals surface area (Å²) in [5.41, 5.74) is 1.80. The van der Waals surface area contributed by atoms with Crippen LogP contribution in [0.15, 0.2) is 77.2 Å². The summed E-state index contributed by atoms with van der Waals surface area (Å²) in [7, 11) is 0. The molecule has 0 unspecified atom stereocenters. The molecule has 8 heteroatoms. The van der Waals surface area contributed by atoms with E-state index in [1.54, 1.807) is 30.9 Å². The predicted octanol–water partition coefficient (Wildman–Crippen LogP) is 3.66. The molecule has 3 aliphatic rings. The first-order valence-electron chi connectivity index (χ1n) is 11.9. The Kier molecular flexibility index (Phi) is 6.95. The van der Waals surface area contributed by atoms with Gasteiger partial charge in [-0.05, 0) is 43.9 Å². The molecule has 2 aliphatic heterocycles. The first kappa shape index (κ1) is 22.3. The van der Waals surface area contributed by atoms with Crippen LogP contribution in [0.1, 0.15) is 25.7 Å². The molecular formula is C26H30N4O4. The van der Waals surface area contributed by atoms with Crippen LogP contribution in [0.2, 0.25) is 0 Å². The average Bonchev–Trinajstić information content (AvgIpc) is 2.89. The zero-order valence-corrected chi connectivity index (χ0v) is 19.2. The minimum Gasteiger partial charge on any atom is -0.478 e. The molecule has 5 rings (SSSR count). The van der Waals surface area contributed by atoms with E-state index in [9.17, 15) is 4.79 Å². The Morgan fingerprint density at radius 3 is 2.79 bits per heavy atom. The van der Waals surface area contributed by atoms with Gasteiger partial charge < -0.3 is 24.1 Å². The molecular weight excluding hydrogens is 432 g/mol. The van der Waals surface area contributed by atoms with Crippen molar-refractivity contribution < 1.29 is 14.2 Å². The van der Waals surface area contributed by atoms with E-state index >= 15 is 0 Å². The molecule has 0 bridgehead atoms. The molecule has 0 saturated carbocycles. The highest BCUT2D eigenvalue weighted by Crippen LogP contribution is 2.26. The van der Waals surface area contributed by atoms with Gasteiger partial charge in [0.15, 0.2) is 12.0 Å². The van der Waals surface area contributed by atoms with E-state index in [1.807, 2.05) is 0 Å².